The van der Waals surface area contributed by atoms with Gasteiger partial charge in [0, 0.05) is 0 Å². The number of furan rings is 1. The number of aryl methyl sites for hydroxylation is 2. The molecule has 2 amide bonds. The lowest BCUT2D eigenvalue weighted by Gasteiger charge is -2.07. The molecular formula is C17H18N2O5. The highest BCUT2D eigenvalue weighted by Crippen LogP contribution is 2.27. The third-order valence-corrected chi connectivity index (χ3v) is 3.33. The highest BCUT2D eigenvalue weighted by molar-refractivity contribution is 6.12. The van der Waals surface area contributed by atoms with E-state index in [2.05, 4.69) is 5.32 Å². The number of carbonyl (C=O) groups is 3. The van der Waals surface area contributed by atoms with Crippen molar-refractivity contribution in [3.8, 4) is 5.75 Å². The fourth-order valence-electron chi connectivity index (χ4n) is 2.24. The van der Waals surface area contributed by atoms with Crippen LogP contribution in [0.2, 0.25) is 0 Å². The summed E-state index contributed by atoms with van der Waals surface area (Å²) in [4.78, 5) is 35.2. The summed E-state index contributed by atoms with van der Waals surface area (Å²) in [5.41, 5.74) is 6.29. The molecule has 0 aliphatic rings. The minimum Gasteiger partial charge on any atom is -0.484 e. The summed E-state index contributed by atoms with van der Waals surface area (Å²) in [7, 11) is 0. The number of benzene rings is 1. The number of Topliss-reactive ketones (excluding diaryl/α,β-unsaturated/α-hetero) is 1. The molecule has 1 heterocycles. The standard InChI is InChI=1S/C17H18N2O5/c1-9-4-6-12(7-5-9)23-8-13(21)19-17-15(16(18)22)14(10(2)20)11(3)24-17/h4-7H,8H2,1-3H3,(H2,18,22)(H,19,21). The molecule has 0 unspecified atom stereocenters. The number of amides is 2. The summed E-state index contributed by atoms with van der Waals surface area (Å²) in [5, 5.41) is 2.41. The van der Waals surface area contributed by atoms with Crippen LogP contribution in [0.15, 0.2) is 28.7 Å². The van der Waals surface area contributed by atoms with Crippen LogP contribution in [-0.2, 0) is 4.79 Å². The number of nitrogens with one attached hydrogen (secondary N) is 1. The fourth-order valence-corrected chi connectivity index (χ4v) is 2.24. The van der Waals surface area contributed by atoms with E-state index in [0.29, 0.717) is 5.75 Å². The topological polar surface area (TPSA) is 112 Å². The molecule has 7 nitrogen and oxygen atoms in total. The quantitative estimate of drug-likeness (QED) is 0.789. The number of rotatable bonds is 6. The molecule has 2 rings (SSSR count). The second-order valence-corrected chi connectivity index (χ2v) is 5.31. The molecule has 24 heavy (non-hydrogen) atoms. The van der Waals surface area contributed by atoms with Crippen molar-refractivity contribution < 1.29 is 23.5 Å². The number of nitrogens with two attached hydrogens (primary N) is 1. The highest BCUT2D eigenvalue weighted by Gasteiger charge is 2.26. The maximum atomic E-state index is 12.0. The molecule has 1 aromatic carbocycles. The van der Waals surface area contributed by atoms with Crippen LogP contribution in [0.4, 0.5) is 5.88 Å². The van der Waals surface area contributed by atoms with Crippen LogP contribution in [0.1, 0.15) is 39.0 Å². The third kappa shape index (κ3) is 3.81. The Morgan fingerprint density at radius 3 is 2.29 bits per heavy atom. The first kappa shape index (κ1) is 17.3. The van der Waals surface area contributed by atoms with Gasteiger partial charge in [0.2, 0.25) is 5.88 Å². The van der Waals surface area contributed by atoms with E-state index in [1.165, 1.54) is 13.8 Å². The average Bonchev–Trinajstić information content (AvgIpc) is 2.83. The van der Waals surface area contributed by atoms with Crippen LogP contribution >= 0.6 is 0 Å². The molecule has 2 aromatic rings. The van der Waals surface area contributed by atoms with Crippen LogP contribution in [0.3, 0.4) is 0 Å². The molecule has 3 N–H and O–H groups in total. The van der Waals surface area contributed by atoms with Gasteiger partial charge in [0.05, 0.1) is 5.56 Å². The maximum Gasteiger partial charge on any atom is 0.264 e. The molecule has 0 aliphatic heterocycles. The van der Waals surface area contributed by atoms with Gasteiger partial charge >= 0.3 is 0 Å². The summed E-state index contributed by atoms with van der Waals surface area (Å²) in [6.45, 7) is 4.46. The molecule has 0 radical (unpaired) electrons. The SMILES string of the molecule is CC(=O)c1c(C)oc(NC(=O)COc2ccc(C)cc2)c1C(N)=O. The average molecular weight is 330 g/mol. The second kappa shape index (κ2) is 6.99. The smallest absolute Gasteiger partial charge is 0.264 e. The summed E-state index contributed by atoms with van der Waals surface area (Å²) in [5.74, 6) is -1.17. The Morgan fingerprint density at radius 1 is 1.12 bits per heavy atom. The van der Waals surface area contributed by atoms with E-state index in [9.17, 15) is 14.4 Å². The van der Waals surface area contributed by atoms with Crippen LogP contribution < -0.4 is 15.8 Å². The van der Waals surface area contributed by atoms with Gasteiger partial charge in [0.25, 0.3) is 11.8 Å². The third-order valence-electron chi connectivity index (χ3n) is 3.33. The van der Waals surface area contributed by atoms with Gasteiger partial charge in [-0.2, -0.15) is 0 Å². The zero-order chi connectivity index (χ0) is 17.9. The normalized spacial score (nSPS) is 10.3. The number of ketones is 1. The summed E-state index contributed by atoms with van der Waals surface area (Å²) >= 11 is 0. The first-order chi connectivity index (χ1) is 11.3. The predicted octanol–water partition coefficient (Wildman–Crippen LogP) is 2.22. The minimum atomic E-state index is -0.855. The molecule has 0 bridgehead atoms. The van der Waals surface area contributed by atoms with Crippen molar-refractivity contribution in [2.75, 3.05) is 11.9 Å². The van der Waals surface area contributed by atoms with E-state index >= 15 is 0 Å². The van der Waals surface area contributed by atoms with E-state index in [0.717, 1.165) is 5.56 Å². The Bertz CT molecular complexity index is 790. The fraction of sp³-hybridized carbons (Fsp3) is 0.235. The predicted molar refractivity (Wildman–Crippen MR) is 87.3 cm³/mol. The summed E-state index contributed by atoms with van der Waals surface area (Å²) in [6.07, 6.45) is 0. The number of primary amides is 1. The molecule has 0 aliphatic carbocycles. The van der Waals surface area contributed by atoms with Gasteiger partial charge in [0.1, 0.15) is 17.1 Å². The highest BCUT2D eigenvalue weighted by atomic mass is 16.5. The lowest BCUT2D eigenvalue weighted by atomic mass is 10.1. The Morgan fingerprint density at radius 2 is 1.75 bits per heavy atom. The molecule has 7 heteroatoms. The molecule has 0 fully saturated rings. The largest absolute Gasteiger partial charge is 0.484 e. The number of hydrogen-bond donors (Lipinski definition) is 2. The molecule has 0 spiro atoms. The van der Waals surface area contributed by atoms with Crippen molar-refractivity contribution >= 4 is 23.5 Å². The van der Waals surface area contributed by atoms with E-state index in [4.69, 9.17) is 14.9 Å². The van der Waals surface area contributed by atoms with Crippen LogP contribution in [0.25, 0.3) is 0 Å². The second-order valence-electron chi connectivity index (χ2n) is 5.31. The maximum absolute atomic E-state index is 12.0. The van der Waals surface area contributed by atoms with Gasteiger partial charge < -0.3 is 14.9 Å². The Hall–Kier alpha value is -3.09. The van der Waals surface area contributed by atoms with Crippen molar-refractivity contribution in [3.63, 3.8) is 0 Å². The summed E-state index contributed by atoms with van der Waals surface area (Å²) < 4.78 is 10.6. The van der Waals surface area contributed by atoms with Crippen LogP contribution in [0, 0.1) is 13.8 Å². The Kier molecular flexibility index (Phi) is 5.03. The van der Waals surface area contributed by atoms with Crippen molar-refractivity contribution in [3.05, 3.63) is 46.7 Å². The Balaban J connectivity index is 2.11. The van der Waals surface area contributed by atoms with E-state index < -0.39 is 11.8 Å². The van der Waals surface area contributed by atoms with Crippen LogP contribution in [-0.4, -0.2) is 24.2 Å². The molecule has 126 valence electrons. The number of hydrogen-bond acceptors (Lipinski definition) is 5. The molecular weight excluding hydrogens is 312 g/mol. The molecule has 0 saturated carbocycles. The lowest BCUT2D eigenvalue weighted by Crippen LogP contribution is -2.23. The molecule has 1 aromatic heterocycles. The van der Waals surface area contributed by atoms with Crippen molar-refractivity contribution in [2.24, 2.45) is 5.73 Å². The molecule has 0 atom stereocenters. The zero-order valence-electron chi connectivity index (χ0n) is 13.6. The van der Waals surface area contributed by atoms with Gasteiger partial charge in [-0.15, -0.1) is 0 Å². The van der Waals surface area contributed by atoms with Gasteiger partial charge in [-0.1, -0.05) is 17.7 Å². The van der Waals surface area contributed by atoms with Gasteiger partial charge in [0.15, 0.2) is 12.4 Å². The lowest BCUT2D eigenvalue weighted by molar-refractivity contribution is -0.118. The van der Waals surface area contributed by atoms with Gasteiger partial charge in [-0.05, 0) is 32.9 Å². The molecule has 0 saturated heterocycles. The number of anilines is 1. The minimum absolute atomic E-state index is 0.0669. The van der Waals surface area contributed by atoms with E-state index in [1.54, 1.807) is 12.1 Å². The monoisotopic (exact) mass is 330 g/mol. The van der Waals surface area contributed by atoms with Gasteiger partial charge in [-0.3, -0.25) is 19.7 Å². The van der Waals surface area contributed by atoms with Crippen LogP contribution in [0.5, 0.6) is 5.75 Å². The summed E-state index contributed by atoms with van der Waals surface area (Å²) in [6, 6.07) is 7.19. The first-order valence-corrected chi connectivity index (χ1v) is 7.23. The van der Waals surface area contributed by atoms with Crippen molar-refractivity contribution in [1.29, 1.82) is 0 Å². The number of ether oxygens (including phenoxy) is 1. The Labute approximate surface area is 138 Å². The van der Waals surface area contributed by atoms with E-state index in [1.807, 2.05) is 19.1 Å². The van der Waals surface area contributed by atoms with Crippen molar-refractivity contribution in [1.82, 2.24) is 0 Å². The first-order valence-electron chi connectivity index (χ1n) is 7.23. The van der Waals surface area contributed by atoms with Gasteiger partial charge in [-0.25, -0.2) is 0 Å². The van der Waals surface area contributed by atoms with Crippen molar-refractivity contribution in [2.45, 2.75) is 20.8 Å². The zero-order valence-corrected chi connectivity index (χ0v) is 13.6. The van der Waals surface area contributed by atoms with E-state index in [-0.39, 0.29) is 35.2 Å². The number of carbonyl (C=O) groups excluding carboxylic acids is 3.